The third-order valence-electron chi connectivity index (χ3n) is 3.65. The van der Waals surface area contributed by atoms with E-state index in [0.29, 0.717) is 6.54 Å². The van der Waals surface area contributed by atoms with E-state index in [1.807, 2.05) is 29.2 Å². The smallest absolute Gasteiger partial charge is 0.318 e. The van der Waals surface area contributed by atoms with Crippen molar-refractivity contribution < 1.29 is 4.79 Å². The number of carbonyl (C=O) groups is 1. The molecule has 2 aromatic rings. The average molecular weight is 322 g/mol. The minimum Gasteiger partial charge on any atom is -0.333 e. The molecule has 2 amide bonds. The molecule has 1 aliphatic heterocycles. The van der Waals surface area contributed by atoms with Gasteiger partial charge in [-0.3, -0.25) is 4.98 Å². The molecule has 1 unspecified atom stereocenters. The predicted molar refractivity (Wildman–Crippen MR) is 84.5 cm³/mol. The Balaban J connectivity index is 1.63. The van der Waals surface area contributed by atoms with Crippen molar-refractivity contribution >= 4 is 29.0 Å². The first-order valence-electron chi connectivity index (χ1n) is 6.92. The lowest BCUT2D eigenvalue weighted by atomic mass is 10.1. The molecule has 0 aromatic carbocycles. The molecule has 110 valence electrons. The number of nitrogens with one attached hydrogen (secondary N) is 1. The fraction of sp³-hybridized carbons (Fsp3) is 0.333. The summed E-state index contributed by atoms with van der Waals surface area (Å²) in [7, 11) is 0. The fourth-order valence-corrected chi connectivity index (χ4v) is 3.68. The highest BCUT2D eigenvalue weighted by molar-refractivity contribution is 7.16. The molecule has 0 aliphatic carbocycles. The second-order valence-corrected chi connectivity index (χ2v) is 6.80. The SMILES string of the molecule is O=C(NCc1ccc(Cl)s1)N1CCCC1c1ccncc1. The molecule has 0 spiro atoms. The van der Waals surface area contributed by atoms with Gasteiger partial charge in [0.1, 0.15) is 0 Å². The summed E-state index contributed by atoms with van der Waals surface area (Å²) in [6, 6.07) is 7.89. The highest BCUT2D eigenvalue weighted by Crippen LogP contribution is 2.31. The topological polar surface area (TPSA) is 45.2 Å². The van der Waals surface area contributed by atoms with Crippen molar-refractivity contribution in [1.29, 1.82) is 0 Å². The van der Waals surface area contributed by atoms with Gasteiger partial charge in [-0.05, 0) is 42.7 Å². The number of carbonyl (C=O) groups excluding carboxylic acids is 1. The van der Waals surface area contributed by atoms with Crippen LogP contribution in [0.1, 0.15) is 29.3 Å². The lowest BCUT2D eigenvalue weighted by Gasteiger charge is -2.25. The quantitative estimate of drug-likeness (QED) is 0.933. The van der Waals surface area contributed by atoms with Crippen molar-refractivity contribution in [1.82, 2.24) is 15.2 Å². The number of hydrogen-bond donors (Lipinski definition) is 1. The van der Waals surface area contributed by atoms with Crippen LogP contribution in [0, 0.1) is 0 Å². The average Bonchev–Trinajstić information content (AvgIpc) is 3.14. The number of hydrogen-bond acceptors (Lipinski definition) is 3. The predicted octanol–water partition coefficient (Wildman–Crippen LogP) is 3.84. The molecule has 0 bridgehead atoms. The van der Waals surface area contributed by atoms with Crippen molar-refractivity contribution in [2.24, 2.45) is 0 Å². The molecule has 21 heavy (non-hydrogen) atoms. The normalized spacial score (nSPS) is 18.0. The van der Waals surface area contributed by atoms with Crippen LogP contribution in [0.3, 0.4) is 0 Å². The monoisotopic (exact) mass is 321 g/mol. The van der Waals surface area contributed by atoms with Gasteiger partial charge in [-0.25, -0.2) is 4.79 Å². The van der Waals surface area contributed by atoms with Crippen LogP contribution < -0.4 is 5.32 Å². The summed E-state index contributed by atoms with van der Waals surface area (Å²) in [4.78, 5) is 19.4. The molecular formula is C15H16ClN3OS. The molecular weight excluding hydrogens is 306 g/mol. The van der Waals surface area contributed by atoms with E-state index in [1.165, 1.54) is 11.3 Å². The van der Waals surface area contributed by atoms with E-state index in [1.54, 1.807) is 12.4 Å². The van der Waals surface area contributed by atoms with Crippen LogP contribution in [0.2, 0.25) is 4.34 Å². The lowest BCUT2D eigenvalue weighted by Crippen LogP contribution is -2.39. The molecule has 0 saturated carbocycles. The summed E-state index contributed by atoms with van der Waals surface area (Å²) in [5, 5.41) is 2.98. The highest BCUT2D eigenvalue weighted by atomic mass is 35.5. The van der Waals surface area contributed by atoms with E-state index in [2.05, 4.69) is 10.3 Å². The molecule has 1 N–H and O–H groups in total. The van der Waals surface area contributed by atoms with E-state index < -0.39 is 0 Å². The fourth-order valence-electron chi connectivity index (χ4n) is 2.65. The number of aromatic nitrogens is 1. The van der Waals surface area contributed by atoms with Crippen LogP contribution >= 0.6 is 22.9 Å². The Hall–Kier alpha value is -1.59. The summed E-state index contributed by atoms with van der Waals surface area (Å²) in [6.45, 7) is 1.32. The number of rotatable bonds is 3. The first kappa shape index (κ1) is 14.4. The number of pyridine rings is 1. The Morgan fingerprint density at radius 3 is 2.90 bits per heavy atom. The summed E-state index contributed by atoms with van der Waals surface area (Å²) in [5.74, 6) is 0. The summed E-state index contributed by atoms with van der Waals surface area (Å²) in [5.41, 5.74) is 1.15. The van der Waals surface area contributed by atoms with Gasteiger partial charge in [0, 0.05) is 23.8 Å². The maximum Gasteiger partial charge on any atom is 0.318 e. The molecule has 2 aromatic heterocycles. The molecule has 3 heterocycles. The zero-order chi connectivity index (χ0) is 14.7. The number of halogens is 1. The third kappa shape index (κ3) is 3.36. The highest BCUT2D eigenvalue weighted by Gasteiger charge is 2.29. The van der Waals surface area contributed by atoms with Crippen molar-refractivity contribution in [3.8, 4) is 0 Å². The zero-order valence-corrected chi connectivity index (χ0v) is 13.0. The van der Waals surface area contributed by atoms with Gasteiger partial charge in [-0.15, -0.1) is 11.3 Å². The first-order chi connectivity index (χ1) is 10.2. The van der Waals surface area contributed by atoms with Crippen LogP contribution in [0.25, 0.3) is 0 Å². The van der Waals surface area contributed by atoms with Crippen molar-refractivity contribution in [3.05, 3.63) is 51.4 Å². The second-order valence-electron chi connectivity index (χ2n) is 5.00. The van der Waals surface area contributed by atoms with Crippen LogP contribution in [0.15, 0.2) is 36.7 Å². The number of urea groups is 1. The Bertz CT molecular complexity index is 616. The Morgan fingerprint density at radius 1 is 1.38 bits per heavy atom. The van der Waals surface area contributed by atoms with Crippen LogP contribution in [-0.4, -0.2) is 22.5 Å². The van der Waals surface area contributed by atoms with Gasteiger partial charge in [-0.1, -0.05) is 11.6 Å². The Morgan fingerprint density at radius 2 is 2.19 bits per heavy atom. The molecule has 1 fully saturated rings. The molecule has 4 nitrogen and oxygen atoms in total. The van der Waals surface area contributed by atoms with Crippen LogP contribution in [-0.2, 0) is 6.54 Å². The van der Waals surface area contributed by atoms with E-state index in [-0.39, 0.29) is 12.1 Å². The maximum absolute atomic E-state index is 12.4. The standard InChI is InChI=1S/C15H16ClN3OS/c16-14-4-3-12(21-14)10-18-15(20)19-9-1-2-13(19)11-5-7-17-8-6-11/h3-8,13H,1-2,9-10H2,(H,18,20). The van der Waals surface area contributed by atoms with Gasteiger partial charge in [0.25, 0.3) is 0 Å². The second kappa shape index (κ2) is 6.45. The van der Waals surface area contributed by atoms with E-state index in [0.717, 1.165) is 34.2 Å². The van der Waals surface area contributed by atoms with Crippen LogP contribution in [0.5, 0.6) is 0 Å². The molecule has 6 heteroatoms. The summed E-state index contributed by atoms with van der Waals surface area (Å²) < 4.78 is 0.745. The van der Waals surface area contributed by atoms with E-state index in [4.69, 9.17) is 11.6 Å². The third-order valence-corrected chi connectivity index (χ3v) is 4.88. The molecule has 1 aliphatic rings. The largest absolute Gasteiger partial charge is 0.333 e. The van der Waals surface area contributed by atoms with Gasteiger partial charge in [0.05, 0.1) is 16.9 Å². The minimum atomic E-state index is -0.0150. The minimum absolute atomic E-state index is 0.0150. The zero-order valence-electron chi connectivity index (χ0n) is 11.5. The van der Waals surface area contributed by atoms with E-state index >= 15 is 0 Å². The van der Waals surface area contributed by atoms with Gasteiger partial charge in [-0.2, -0.15) is 0 Å². The number of amides is 2. The van der Waals surface area contributed by atoms with Crippen molar-refractivity contribution in [3.63, 3.8) is 0 Å². The molecule has 1 saturated heterocycles. The maximum atomic E-state index is 12.4. The molecule has 0 radical (unpaired) electrons. The first-order valence-corrected chi connectivity index (χ1v) is 8.12. The number of likely N-dealkylation sites (tertiary alicyclic amines) is 1. The Kier molecular flexibility index (Phi) is 4.41. The van der Waals surface area contributed by atoms with Gasteiger partial charge in [0.2, 0.25) is 0 Å². The molecule has 3 rings (SSSR count). The van der Waals surface area contributed by atoms with Crippen molar-refractivity contribution in [2.75, 3.05) is 6.54 Å². The number of thiophene rings is 1. The lowest BCUT2D eigenvalue weighted by molar-refractivity contribution is 0.192. The van der Waals surface area contributed by atoms with E-state index in [9.17, 15) is 4.79 Å². The molecule has 1 atom stereocenters. The van der Waals surface area contributed by atoms with Crippen LogP contribution in [0.4, 0.5) is 4.79 Å². The van der Waals surface area contributed by atoms with Gasteiger partial charge >= 0.3 is 6.03 Å². The van der Waals surface area contributed by atoms with Crippen molar-refractivity contribution in [2.45, 2.75) is 25.4 Å². The van der Waals surface area contributed by atoms with Gasteiger partial charge < -0.3 is 10.2 Å². The Labute approximate surface area is 132 Å². The van der Waals surface area contributed by atoms with Gasteiger partial charge in [0.15, 0.2) is 0 Å². The summed E-state index contributed by atoms with van der Waals surface area (Å²) in [6.07, 6.45) is 5.59. The summed E-state index contributed by atoms with van der Waals surface area (Å²) >= 11 is 7.39. The number of nitrogens with zero attached hydrogens (tertiary/aromatic N) is 2.